The van der Waals surface area contributed by atoms with Gasteiger partial charge in [-0.25, -0.2) is 4.79 Å². The molecule has 0 saturated carbocycles. The van der Waals surface area contributed by atoms with E-state index in [1.807, 2.05) is 37.3 Å². The Morgan fingerprint density at radius 3 is 2.47 bits per heavy atom. The number of urea groups is 1. The fourth-order valence-electron chi connectivity index (χ4n) is 3.91. The molecule has 30 heavy (non-hydrogen) atoms. The Morgan fingerprint density at radius 2 is 1.77 bits per heavy atom. The first-order valence-corrected chi connectivity index (χ1v) is 10.5. The summed E-state index contributed by atoms with van der Waals surface area (Å²) in [4.78, 5) is 14.8. The summed E-state index contributed by atoms with van der Waals surface area (Å²) in [6.45, 7) is 4.91. The van der Waals surface area contributed by atoms with Gasteiger partial charge in [-0.2, -0.15) is 0 Å². The van der Waals surface area contributed by atoms with Gasteiger partial charge < -0.3 is 29.7 Å². The van der Waals surface area contributed by atoms with E-state index in [2.05, 4.69) is 27.7 Å². The third-order valence-corrected chi connectivity index (χ3v) is 5.68. The van der Waals surface area contributed by atoms with Crippen molar-refractivity contribution in [3.8, 4) is 17.2 Å². The van der Waals surface area contributed by atoms with Crippen molar-refractivity contribution >= 4 is 11.7 Å². The number of carbonyl (C=O) groups is 1. The summed E-state index contributed by atoms with van der Waals surface area (Å²) in [5, 5.41) is 6.15. The van der Waals surface area contributed by atoms with E-state index in [9.17, 15) is 4.79 Å². The molecule has 0 bridgehead atoms. The molecule has 2 N–H and O–H groups in total. The molecule has 7 heteroatoms. The zero-order chi connectivity index (χ0) is 20.9. The van der Waals surface area contributed by atoms with Gasteiger partial charge in [-0.3, -0.25) is 0 Å². The first-order chi connectivity index (χ1) is 14.6. The molecule has 0 aromatic heterocycles. The maximum Gasteiger partial charge on any atom is 0.315 e. The van der Waals surface area contributed by atoms with E-state index in [-0.39, 0.29) is 18.1 Å². The fourth-order valence-corrected chi connectivity index (χ4v) is 3.91. The maximum absolute atomic E-state index is 12.5. The molecule has 1 saturated heterocycles. The molecular weight excluding hydrogens is 382 g/mol. The van der Waals surface area contributed by atoms with E-state index in [1.165, 1.54) is 5.69 Å². The molecule has 7 nitrogen and oxygen atoms in total. The Kier molecular flexibility index (Phi) is 6.16. The molecule has 0 aliphatic carbocycles. The number of fused-ring (bicyclic) bond motifs is 1. The topological polar surface area (TPSA) is 72.1 Å². The third kappa shape index (κ3) is 4.72. The van der Waals surface area contributed by atoms with Crippen LogP contribution >= 0.6 is 0 Å². The number of hydrogen-bond acceptors (Lipinski definition) is 5. The molecule has 1 fully saturated rings. The molecule has 4 rings (SSSR count). The monoisotopic (exact) mass is 411 g/mol. The van der Waals surface area contributed by atoms with Crippen LogP contribution in [-0.2, 0) is 0 Å². The standard InChI is InChI=1S/C23H29N3O4/c1-16(17-3-8-21-22(15-17)30-14-13-29-21)24-23(27)25-18-9-11-26(12-10-18)19-4-6-20(28-2)7-5-19/h3-8,15-16,18H,9-14H2,1-2H3,(H2,24,25,27). The van der Waals surface area contributed by atoms with Crippen LogP contribution in [0.1, 0.15) is 31.4 Å². The molecule has 2 aliphatic rings. The van der Waals surface area contributed by atoms with Crippen LogP contribution in [0, 0.1) is 0 Å². The van der Waals surface area contributed by atoms with Crippen LogP contribution in [-0.4, -0.2) is 45.5 Å². The average molecular weight is 412 g/mol. The Balaban J connectivity index is 1.25. The summed E-state index contributed by atoms with van der Waals surface area (Å²) in [6, 6.07) is 13.8. The van der Waals surface area contributed by atoms with E-state index >= 15 is 0 Å². The molecule has 2 aliphatic heterocycles. The Hall–Kier alpha value is -3.09. The van der Waals surface area contributed by atoms with Gasteiger partial charge in [0.15, 0.2) is 11.5 Å². The summed E-state index contributed by atoms with van der Waals surface area (Å²) < 4.78 is 16.4. The number of piperidine rings is 1. The highest BCUT2D eigenvalue weighted by atomic mass is 16.6. The van der Waals surface area contributed by atoms with E-state index in [4.69, 9.17) is 14.2 Å². The van der Waals surface area contributed by atoms with Gasteiger partial charge >= 0.3 is 6.03 Å². The molecule has 1 unspecified atom stereocenters. The highest BCUT2D eigenvalue weighted by Crippen LogP contribution is 2.32. The second-order valence-electron chi connectivity index (χ2n) is 7.70. The van der Waals surface area contributed by atoms with Crippen molar-refractivity contribution in [3.05, 3.63) is 48.0 Å². The predicted molar refractivity (Wildman–Crippen MR) is 116 cm³/mol. The number of methoxy groups -OCH3 is 1. The van der Waals surface area contributed by atoms with Crippen LogP contribution in [0.2, 0.25) is 0 Å². The minimum atomic E-state index is -0.139. The van der Waals surface area contributed by atoms with Crippen molar-refractivity contribution in [2.45, 2.75) is 31.8 Å². The van der Waals surface area contributed by atoms with Crippen LogP contribution < -0.4 is 29.7 Å². The Labute approximate surface area is 177 Å². The molecule has 2 heterocycles. The maximum atomic E-state index is 12.5. The van der Waals surface area contributed by atoms with Crippen molar-refractivity contribution in [1.29, 1.82) is 0 Å². The van der Waals surface area contributed by atoms with E-state index in [0.717, 1.165) is 48.7 Å². The zero-order valence-corrected chi connectivity index (χ0v) is 17.5. The highest BCUT2D eigenvalue weighted by molar-refractivity contribution is 5.74. The lowest BCUT2D eigenvalue weighted by atomic mass is 10.0. The number of carbonyl (C=O) groups excluding carboxylic acids is 1. The minimum Gasteiger partial charge on any atom is -0.497 e. The number of nitrogens with one attached hydrogen (secondary N) is 2. The van der Waals surface area contributed by atoms with Crippen LogP contribution in [0.4, 0.5) is 10.5 Å². The second-order valence-corrected chi connectivity index (χ2v) is 7.70. The summed E-state index contributed by atoms with van der Waals surface area (Å²) in [5.74, 6) is 2.35. The lowest BCUT2D eigenvalue weighted by Crippen LogP contribution is -2.48. The Morgan fingerprint density at radius 1 is 1.07 bits per heavy atom. The number of rotatable bonds is 5. The van der Waals surface area contributed by atoms with Crippen molar-refractivity contribution in [3.63, 3.8) is 0 Å². The second kappa shape index (κ2) is 9.15. The molecule has 2 aromatic carbocycles. The summed E-state index contributed by atoms with van der Waals surface area (Å²) in [5.41, 5.74) is 2.18. The number of ether oxygens (including phenoxy) is 3. The fraction of sp³-hybridized carbons (Fsp3) is 0.435. The quantitative estimate of drug-likeness (QED) is 0.788. The summed E-state index contributed by atoms with van der Waals surface area (Å²) in [7, 11) is 1.67. The van der Waals surface area contributed by atoms with Gasteiger partial charge in [-0.15, -0.1) is 0 Å². The molecule has 2 amide bonds. The van der Waals surface area contributed by atoms with Crippen molar-refractivity contribution in [1.82, 2.24) is 10.6 Å². The van der Waals surface area contributed by atoms with Gasteiger partial charge in [0.05, 0.1) is 13.2 Å². The first kappa shape index (κ1) is 20.2. The van der Waals surface area contributed by atoms with E-state index in [0.29, 0.717) is 13.2 Å². The normalized spacial score (nSPS) is 17.2. The van der Waals surface area contributed by atoms with E-state index < -0.39 is 0 Å². The first-order valence-electron chi connectivity index (χ1n) is 10.5. The summed E-state index contributed by atoms with van der Waals surface area (Å²) in [6.07, 6.45) is 1.83. The number of anilines is 1. The molecule has 0 radical (unpaired) electrons. The van der Waals surface area contributed by atoms with Crippen LogP contribution in [0.3, 0.4) is 0 Å². The SMILES string of the molecule is COc1ccc(N2CCC(NC(=O)NC(C)c3ccc4c(c3)OCCO4)CC2)cc1. The minimum absolute atomic E-state index is 0.125. The molecule has 2 aromatic rings. The van der Waals surface area contributed by atoms with Crippen LogP contribution in [0.5, 0.6) is 17.2 Å². The lowest BCUT2D eigenvalue weighted by Gasteiger charge is -2.34. The highest BCUT2D eigenvalue weighted by Gasteiger charge is 2.22. The van der Waals surface area contributed by atoms with Crippen LogP contribution in [0.25, 0.3) is 0 Å². The van der Waals surface area contributed by atoms with Crippen molar-refractivity contribution in [2.75, 3.05) is 38.3 Å². The van der Waals surface area contributed by atoms with Gasteiger partial charge in [0.25, 0.3) is 0 Å². The molecule has 0 spiro atoms. The summed E-state index contributed by atoms with van der Waals surface area (Å²) >= 11 is 0. The third-order valence-electron chi connectivity index (χ3n) is 5.68. The Bertz CT molecular complexity index is 863. The van der Waals surface area contributed by atoms with Crippen molar-refractivity contribution < 1.29 is 19.0 Å². The predicted octanol–water partition coefficient (Wildman–Crippen LogP) is 3.50. The number of nitrogens with zero attached hydrogens (tertiary/aromatic N) is 1. The zero-order valence-electron chi connectivity index (χ0n) is 17.5. The molecule has 1 atom stereocenters. The number of hydrogen-bond donors (Lipinski definition) is 2. The van der Waals surface area contributed by atoms with Gasteiger partial charge in [-0.1, -0.05) is 6.07 Å². The average Bonchev–Trinajstić information content (AvgIpc) is 2.79. The van der Waals surface area contributed by atoms with E-state index in [1.54, 1.807) is 7.11 Å². The number of amides is 2. The molecule has 160 valence electrons. The molecular formula is C23H29N3O4. The van der Waals surface area contributed by atoms with Gasteiger partial charge in [0.1, 0.15) is 19.0 Å². The van der Waals surface area contributed by atoms with Crippen LogP contribution in [0.15, 0.2) is 42.5 Å². The van der Waals surface area contributed by atoms with Gasteiger partial charge in [0, 0.05) is 24.8 Å². The van der Waals surface area contributed by atoms with Gasteiger partial charge in [-0.05, 0) is 61.7 Å². The van der Waals surface area contributed by atoms with Gasteiger partial charge in [0.2, 0.25) is 0 Å². The smallest absolute Gasteiger partial charge is 0.315 e. The largest absolute Gasteiger partial charge is 0.497 e. The number of benzene rings is 2. The lowest BCUT2D eigenvalue weighted by molar-refractivity contribution is 0.171. The van der Waals surface area contributed by atoms with Crippen molar-refractivity contribution in [2.24, 2.45) is 0 Å².